The molecule has 1 fully saturated rings. The third-order valence-corrected chi connectivity index (χ3v) is 4.29. The van der Waals surface area contributed by atoms with Gasteiger partial charge in [-0.1, -0.05) is 12.1 Å². The lowest BCUT2D eigenvalue weighted by molar-refractivity contribution is 0.105. The zero-order valence-electron chi connectivity index (χ0n) is 15.3. The molecule has 0 unspecified atom stereocenters. The van der Waals surface area contributed by atoms with Crippen LogP contribution in [0.3, 0.4) is 0 Å². The van der Waals surface area contributed by atoms with Crippen LogP contribution in [0.15, 0.2) is 30.5 Å². The maximum Gasteiger partial charge on any atom is 0.409 e. The molecule has 2 heterocycles. The molecule has 2 aromatic rings. The molecule has 1 N–H and O–H groups in total. The number of hydrogen-bond acceptors (Lipinski definition) is 7. The van der Waals surface area contributed by atoms with E-state index in [0.29, 0.717) is 45.3 Å². The lowest BCUT2D eigenvalue weighted by Crippen LogP contribution is -2.49. The highest BCUT2D eigenvalue weighted by atomic mass is 19.1. The molecule has 1 aliphatic heterocycles. The van der Waals surface area contributed by atoms with Gasteiger partial charge in [-0.2, -0.15) is 10.1 Å². The van der Waals surface area contributed by atoms with Crippen LogP contribution in [0.1, 0.15) is 12.5 Å². The van der Waals surface area contributed by atoms with Crippen LogP contribution in [-0.4, -0.2) is 65.5 Å². The van der Waals surface area contributed by atoms with Gasteiger partial charge in [0.25, 0.3) is 0 Å². The average molecular weight is 374 g/mol. The summed E-state index contributed by atoms with van der Waals surface area (Å²) in [6.45, 7) is 5.27. The van der Waals surface area contributed by atoms with E-state index in [1.807, 2.05) is 0 Å². The lowest BCUT2D eigenvalue weighted by atomic mass is 10.1. The zero-order valence-corrected chi connectivity index (χ0v) is 15.3. The third-order valence-electron chi connectivity index (χ3n) is 4.29. The van der Waals surface area contributed by atoms with Crippen LogP contribution in [0.5, 0.6) is 0 Å². The van der Waals surface area contributed by atoms with Crippen LogP contribution in [0.4, 0.5) is 21.0 Å². The summed E-state index contributed by atoms with van der Waals surface area (Å²) >= 11 is 0. The minimum atomic E-state index is -0.277. The number of halogens is 1. The predicted octanol–water partition coefficient (Wildman–Crippen LogP) is 1.94. The molecule has 0 radical (unpaired) electrons. The summed E-state index contributed by atoms with van der Waals surface area (Å²) < 4.78 is 18.0. The maximum atomic E-state index is 12.9. The first-order valence-corrected chi connectivity index (χ1v) is 9.00. The van der Waals surface area contributed by atoms with Crippen LogP contribution < -0.4 is 10.2 Å². The van der Waals surface area contributed by atoms with Gasteiger partial charge in [0.2, 0.25) is 5.95 Å². The van der Waals surface area contributed by atoms with Crippen LogP contribution in [0, 0.1) is 5.82 Å². The Morgan fingerprint density at radius 1 is 1.22 bits per heavy atom. The Morgan fingerprint density at radius 3 is 2.67 bits per heavy atom. The van der Waals surface area contributed by atoms with Gasteiger partial charge in [0.1, 0.15) is 5.82 Å². The number of piperazine rings is 1. The molecule has 0 bridgehead atoms. The Hall–Kier alpha value is -2.97. The van der Waals surface area contributed by atoms with Crippen molar-refractivity contribution in [3.8, 4) is 0 Å². The van der Waals surface area contributed by atoms with Gasteiger partial charge >= 0.3 is 6.09 Å². The minimum Gasteiger partial charge on any atom is -0.450 e. The monoisotopic (exact) mass is 374 g/mol. The third kappa shape index (κ3) is 5.25. The Balaban J connectivity index is 1.50. The smallest absolute Gasteiger partial charge is 0.409 e. The van der Waals surface area contributed by atoms with Crippen LogP contribution >= 0.6 is 0 Å². The van der Waals surface area contributed by atoms with Crippen molar-refractivity contribution in [1.29, 1.82) is 0 Å². The fourth-order valence-electron chi connectivity index (χ4n) is 2.82. The van der Waals surface area contributed by atoms with Gasteiger partial charge in [-0.3, -0.25) is 0 Å². The van der Waals surface area contributed by atoms with Crippen molar-refractivity contribution in [2.75, 3.05) is 49.5 Å². The fraction of sp³-hybridized carbons (Fsp3) is 0.444. The molecule has 1 amide bonds. The van der Waals surface area contributed by atoms with Crippen molar-refractivity contribution in [2.24, 2.45) is 0 Å². The van der Waals surface area contributed by atoms with Crippen molar-refractivity contribution in [3.63, 3.8) is 0 Å². The van der Waals surface area contributed by atoms with E-state index >= 15 is 0 Å². The van der Waals surface area contributed by atoms with Crippen molar-refractivity contribution in [3.05, 3.63) is 41.8 Å². The van der Waals surface area contributed by atoms with Crippen molar-refractivity contribution < 1.29 is 13.9 Å². The van der Waals surface area contributed by atoms with Crippen LogP contribution in [-0.2, 0) is 11.2 Å². The second-order valence-electron chi connectivity index (χ2n) is 6.11. The summed E-state index contributed by atoms with van der Waals surface area (Å²) in [7, 11) is 0. The normalized spacial score (nSPS) is 14.1. The molecule has 144 valence electrons. The highest BCUT2D eigenvalue weighted by Crippen LogP contribution is 2.14. The average Bonchev–Trinajstić information content (AvgIpc) is 2.70. The molecule has 9 heteroatoms. The van der Waals surface area contributed by atoms with E-state index in [1.165, 1.54) is 12.1 Å². The number of carbonyl (C=O) groups is 1. The molecule has 0 atom stereocenters. The Bertz CT molecular complexity index is 750. The van der Waals surface area contributed by atoms with Gasteiger partial charge in [-0.05, 0) is 31.0 Å². The second-order valence-corrected chi connectivity index (χ2v) is 6.11. The molecule has 1 saturated heterocycles. The number of rotatable bonds is 6. The van der Waals surface area contributed by atoms with Crippen molar-refractivity contribution >= 4 is 17.9 Å². The number of nitrogens with one attached hydrogen (secondary N) is 1. The van der Waals surface area contributed by atoms with Gasteiger partial charge < -0.3 is 19.9 Å². The number of aromatic nitrogens is 3. The molecule has 1 aromatic carbocycles. The first-order valence-electron chi connectivity index (χ1n) is 9.00. The Morgan fingerprint density at radius 2 is 1.96 bits per heavy atom. The lowest BCUT2D eigenvalue weighted by Gasteiger charge is -2.34. The van der Waals surface area contributed by atoms with E-state index in [1.54, 1.807) is 30.2 Å². The van der Waals surface area contributed by atoms with E-state index < -0.39 is 0 Å². The number of hydrogen-bond donors (Lipinski definition) is 1. The Kier molecular flexibility index (Phi) is 6.35. The SMILES string of the molecule is CCOC(=O)N1CCN(c2cnnc(NCCc3ccc(F)cc3)n2)CC1. The number of benzene rings is 1. The largest absolute Gasteiger partial charge is 0.450 e. The van der Waals surface area contributed by atoms with Gasteiger partial charge in [-0.15, -0.1) is 5.10 Å². The molecular formula is C18H23FN6O2. The number of nitrogens with zero attached hydrogens (tertiary/aromatic N) is 5. The van der Waals surface area contributed by atoms with E-state index in [2.05, 4.69) is 25.4 Å². The number of carbonyl (C=O) groups excluding carboxylic acids is 1. The van der Waals surface area contributed by atoms with Crippen molar-refractivity contribution in [2.45, 2.75) is 13.3 Å². The molecule has 0 saturated carbocycles. The number of amides is 1. The zero-order chi connectivity index (χ0) is 19.1. The van der Waals surface area contributed by atoms with Gasteiger partial charge in [0, 0.05) is 32.7 Å². The summed E-state index contributed by atoms with van der Waals surface area (Å²) in [5.74, 6) is 0.926. The number of ether oxygens (including phenoxy) is 1. The molecule has 1 aromatic heterocycles. The molecule has 8 nitrogen and oxygen atoms in total. The molecule has 0 spiro atoms. The minimum absolute atomic E-state index is 0.241. The van der Waals surface area contributed by atoms with E-state index in [-0.39, 0.29) is 11.9 Å². The summed E-state index contributed by atoms with van der Waals surface area (Å²) in [6, 6.07) is 6.42. The second kappa shape index (κ2) is 9.11. The Labute approximate surface area is 157 Å². The van der Waals surface area contributed by atoms with E-state index in [4.69, 9.17) is 4.74 Å². The van der Waals surface area contributed by atoms with Gasteiger partial charge in [0.15, 0.2) is 5.82 Å². The summed E-state index contributed by atoms with van der Waals surface area (Å²) in [6.07, 6.45) is 2.07. The summed E-state index contributed by atoms with van der Waals surface area (Å²) in [4.78, 5) is 20.0. The topological polar surface area (TPSA) is 83.5 Å². The maximum absolute atomic E-state index is 12.9. The van der Waals surface area contributed by atoms with Gasteiger partial charge in [-0.25, -0.2) is 9.18 Å². The standard InChI is InChI=1S/C18H23FN6O2/c1-2-27-18(26)25-11-9-24(10-12-25)16-13-21-23-17(22-16)20-8-7-14-3-5-15(19)6-4-14/h3-6,13H,2,7-12H2,1H3,(H,20,22,23). The summed E-state index contributed by atoms with van der Waals surface area (Å²) in [5, 5.41) is 11.2. The molecule has 27 heavy (non-hydrogen) atoms. The van der Waals surface area contributed by atoms with E-state index in [0.717, 1.165) is 17.8 Å². The molecule has 0 aliphatic carbocycles. The predicted molar refractivity (Wildman–Crippen MR) is 99.2 cm³/mol. The molecular weight excluding hydrogens is 351 g/mol. The quantitative estimate of drug-likeness (QED) is 0.827. The van der Waals surface area contributed by atoms with E-state index in [9.17, 15) is 9.18 Å². The molecule has 3 rings (SSSR count). The molecule has 1 aliphatic rings. The highest BCUT2D eigenvalue weighted by molar-refractivity contribution is 5.68. The van der Waals surface area contributed by atoms with Crippen LogP contribution in [0.25, 0.3) is 0 Å². The number of anilines is 2. The highest BCUT2D eigenvalue weighted by Gasteiger charge is 2.23. The van der Waals surface area contributed by atoms with Gasteiger partial charge in [0.05, 0.1) is 12.8 Å². The van der Waals surface area contributed by atoms with Crippen molar-refractivity contribution in [1.82, 2.24) is 20.1 Å². The first-order chi connectivity index (χ1) is 13.2. The summed E-state index contributed by atoms with van der Waals surface area (Å²) in [5.41, 5.74) is 1.03. The first kappa shape index (κ1) is 18.8. The fourth-order valence-corrected chi connectivity index (χ4v) is 2.82. The van der Waals surface area contributed by atoms with Crippen LogP contribution in [0.2, 0.25) is 0 Å².